The molecule has 0 aliphatic rings. The first-order valence-electron chi connectivity index (χ1n) is 5.54. The molecule has 0 saturated carbocycles. The normalized spacial score (nSPS) is 12.0. The van der Waals surface area contributed by atoms with Crippen molar-refractivity contribution in [3.8, 4) is 0 Å². The zero-order chi connectivity index (χ0) is 14.6. The van der Waals surface area contributed by atoms with E-state index in [9.17, 15) is 13.2 Å². The number of anilines is 1. The van der Waals surface area contributed by atoms with Crippen LogP contribution in [0.2, 0.25) is 0 Å². The monoisotopic (exact) mass is 286 g/mol. The summed E-state index contributed by atoms with van der Waals surface area (Å²) < 4.78 is 26.2. The summed E-state index contributed by atoms with van der Waals surface area (Å²) in [6.07, 6.45) is 0. The second-order valence-corrected chi connectivity index (χ2v) is 6.41. The number of carbonyl (C=O) groups excluding carboxylic acids is 1. The first-order chi connectivity index (χ1) is 8.73. The summed E-state index contributed by atoms with van der Waals surface area (Å²) in [5.74, 6) is -0.708. The average Bonchev–Trinajstić information content (AvgIpc) is 2.30. The standard InChI is InChI=1S/C11H18N4O3S/c1-14(2)19(17,18)15(8-11(13)16)7-9-3-5-10(12)6-4-9/h3-6H,7-8,12H2,1-2H3,(H2,13,16). The van der Waals surface area contributed by atoms with Crippen molar-refractivity contribution in [3.63, 3.8) is 0 Å². The first kappa shape index (κ1) is 15.4. The second-order valence-electron chi connectivity index (χ2n) is 4.27. The van der Waals surface area contributed by atoms with Crippen molar-refractivity contribution in [3.05, 3.63) is 29.8 Å². The number of nitrogens with zero attached hydrogens (tertiary/aromatic N) is 2. The van der Waals surface area contributed by atoms with E-state index in [2.05, 4.69) is 0 Å². The molecule has 0 aromatic heterocycles. The van der Waals surface area contributed by atoms with Gasteiger partial charge >= 0.3 is 0 Å². The maximum Gasteiger partial charge on any atom is 0.282 e. The molecule has 0 aliphatic heterocycles. The van der Waals surface area contributed by atoms with Gasteiger partial charge in [0.1, 0.15) is 0 Å². The molecule has 19 heavy (non-hydrogen) atoms. The number of primary amides is 1. The van der Waals surface area contributed by atoms with Crippen LogP contribution in [0.15, 0.2) is 24.3 Å². The Labute approximate surface area is 113 Å². The fourth-order valence-electron chi connectivity index (χ4n) is 1.45. The minimum Gasteiger partial charge on any atom is -0.399 e. The Balaban J connectivity index is 2.99. The molecule has 0 unspecified atom stereocenters. The number of rotatable bonds is 6. The van der Waals surface area contributed by atoms with Gasteiger partial charge in [0, 0.05) is 26.3 Å². The molecule has 0 atom stereocenters. The van der Waals surface area contributed by atoms with Crippen LogP contribution < -0.4 is 11.5 Å². The molecule has 1 rings (SSSR count). The van der Waals surface area contributed by atoms with Gasteiger partial charge in [-0.05, 0) is 17.7 Å². The van der Waals surface area contributed by atoms with Crippen molar-refractivity contribution in [1.82, 2.24) is 8.61 Å². The fraction of sp³-hybridized carbons (Fsp3) is 0.364. The third kappa shape index (κ3) is 4.19. The third-order valence-corrected chi connectivity index (χ3v) is 4.29. The Morgan fingerprint density at radius 1 is 1.21 bits per heavy atom. The molecular weight excluding hydrogens is 268 g/mol. The molecule has 0 saturated heterocycles. The van der Waals surface area contributed by atoms with E-state index < -0.39 is 16.1 Å². The summed E-state index contributed by atoms with van der Waals surface area (Å²) in [4.78, 5) is 11.0. The zero-order valence-corrected chi connectivity index (χ0v) is 11.7. The maximum absolute atomic E-state index is 12.1. The van der Waals surface area contributed by atoms with Crippen LogP contribution in [-0.4, -0.2) is 43.6 Å². The van der Waals surface area contributed by atoms with E-state index in [0.29, 0.717) is 5.69 Å². The van der Waals surface area contributed by atoms with Crippen molar-refractivity contribution >= 4 is 21.8 Å². The molecule has 0 aliphatic carbocycles. The Kier molecular flexibility index (Phi) is 4.87. The second kappa shape index (κ2) is 6.00. The maximum atomic E-state index is 12.1. The molecule has 0 radical (unpaired) electrons. The number of amides is 1. The summed E-state index contributed by atoms with van der Waals surface area (Å²) in [5, 5.41) is 0. The number of benzene rings is 1. The van der Waals surface area contributed by atoms with E-state index in [4.69, 9.17) is 11.5 Å². The highest BCUT2D eigenvalue weighted by atomic mass is 32.2. The molecular formula is C11H18N4O3S. The van der Waals surface area contributed by atoms with Crippen LogP contribution in [0.4, 0.5) is 5.69 Å². The van der Waals surface area contributed by atoms with Crippen LogP contribution in [-0.2, 0) is 21.5 Å². The summed E-state index contributed by atoms with van der Waals surface area (Å²) in [5.41, 5.74) is 11.9. The molecule has 4 N–H and O–H groups in total. The van der Waals surface area contributed by atoms with E-state index >= 15 is 0 Å². The van der Waals surface area contributed by atoms with E-state index in [1.807, 2.05) is 0 Å². The number of hydrogen-bond donors (Lipinski definition) is 2. The smallest absolute Gasteiger partial charge is 0.282 e. The van der Waals surface area contributed by atoms with Gasteiger partial charge in [-0.25, -0.2) is 0 Å². The van der Waals surface area contributed by atoms with E-state index in [1.165, 1.54) is 14.1 Å². The molecule has 1 amide bonds. The van der Waals surface area contributed by atoms with Crippen LogP contribution in [0.25, 0.3) is 0 Å². The predicted molar refractivity (Wildman–Crippen MR) is 73.1 cm³/mol. The van der Waals surface area contributed by atoms with Crippen molar-refractivity contribution in [2.24, 2.45) is 5.73 Å². The van der Waals surface area contributed by atoms with E-state index in [1.54, 1.807) is 24.3 Å². The van der Waals surface area contributed by atoms with Crippen LogP contribution >= 0.6 is 0 Å². The molecule has 106 valence electrons. The minimum atomic E-state index is -3.71. The van der Waals surface area contributed by atoms with Gasteiger partial charge in [0.2, 0.25) is 5.91 Å². The SMILES string of the molecule is CN(C)S(=O)(=O)N(CC(N)=O)Cc1ccc(N)cc1. The molecule has 1 aromatic rings. The number of nitrogens with two attached hydrogens (primary N) is 2. The lowest BCUT2D eigenvalue weighted by atomic mass is 10.2. The first-order valence-corrected chi connectivity index (χ1v) is 6.93. The molecule has 0 spiro atoms. The molecule has 0 heterocycles. The molecule has 0 fully saturated rings. The van der Waals surface area contributed by atoms with Gasteiger partial charge in [0.25, 0.3) is 10.2 Å². The van der Waals surface area contributed by atoms with Gasteiger partial charge in [0.15, 0.2) is 0 Å². The molecule has 8 heteroatoms. The Bertz CT molecular complexity index is 540. The highest BCUT2D eigenvalue weighted by Gasteiger charge is 2.26. The van der Waals surface area contributed by atoms with Crippen molar-refractivity contribution in [2.75, 3.05) is 26.4 Å². The highest BCUT2D eigenvalue weighted by molar-refractivity contribution is 7.86. The lowest BCUT2D eigenvalue weighted by molar-refractivity contribution is -0.118. The predicted octanol–water partition coefficient (Wildman–Crippen LogP) is -0.637. The van der Waals surface area contributed by atoms with Gasteiger partial charge in [-0.1, -0.05) is 12.1 Å². The Morgan fingerprint density at radius 3 is 2.16 bits per heavy atom. The van der Waals surface area contributed by atoms with Crippen molar-refractivity contribution in [1.29, 1.82) is 0 Å². The van der Waals surface area contributed by atoms with Gasteiger partial charge in [-0.15, -0.1) is 0 Å². The average molecular weight is 286 g/mol. The molecule has 0 bridgehead atoms. The summed E-state index contributed by atoms with van der Waals surface area (Å²) in [6.45, 7) is -0.311. The van der Waals surface area contributed by atoms with Gasteiger partial charge in [-0.2, -0.15) is 17.0 Å². The third-order valence-electron chi connectivity index (χ3n) is 2.46. The van der Waals surface area contributed by atoms with Gasteiger partial charge in [-0.3, -0.25) is 4.79 Å². The van der Waals surface area contributed by atoms with Crippen LogP contribution in [0.1, 0.15) is 5.56 Å². The Morgan fingerprint density at radius 2 is 1.74 bits per heavy atom. The lowest BCUT2D eigenvalue weighted by Crippen LogP contribution is -2.43. The fourth-order valence-corrected chi connectivity index (χ4v) is 2.51. The number of carbonyl (C=O) groups is 1. The topological polar surface area (TPSA) is 110 Å². The molecule has 1 aromatic carbocycles. The van der Waals surface area contributed by atoms with Crippen LogP contribution in [0.3, 0.4) is 0 Å². The van der Waals surface area contributed by atoms with Gasteiger partial charge < -0.3 is 11.5 Å². The highest BCUT2D eigenvalue weighted by Crippen LogP contribution is 2.12. The van der Waals surface area contributed by atoms with E-state index in [0.717, 1.165) is 14.2 Å². The largest absolute Gasteiger partial charge is 0.399 e. The van der Waals surface area contributed by atoms with E-state index in [-0.39, 0.29) is 13.1 Å². The van der Waals surface area contributed by atoms with Crippen LogP contribution in [0, 0.1) is 0 Å². The number of nitrogen functional groups attached to an aromatic ring is 1. The zero-order valence-electron chi connectivity index (χ0n) is 10.9. The van der Waals surface area contributed by atoms with Gasteiger partial charge in [0.05, 0.1) is 6.54 Å². The summed E-state index contributed by atoms with van der Waals surface area (Å²) in [6, 6.07) is 6.74. The van der Waals surface area contributed by atoms with Crippen LogP contribution in [0.5, 0.6) is 0 Å². The Hall–Kier alpha value is -1.64. The lowest BCUT2D eigenvalue weighted by Gasteiger charge is -2.24. The van der Waals surface area contributed by atoms with Crippen molar-refractivity contribution in [2.45, 2.75) is 6.54 Å². The van der Waals surface area contributed by atoms with Crippen molar-refractivity contribution < 1.29 is 13.2 Å². The number of hydrogen-bond acceptors (Lipinski definition) is 4. The minimum absolute atomic E-state index is 0.0593. The summed E-state index contributed by atoms with van der Waals surface area (Å²) in [7, 11) is -0.917. The summed E-state index contributed by atoms with van der Waals surface area (Å²) >= 11 is 0. The quantitative estimate of drug-likeness (QED) is 0.678. The molecule has 7 nitrogen and oxygen atoms in total.